The summed E-state index contributed by atoms with van der Waals surface area (Å²) in [7, 11) is 0. The van der Waals surface area contributed by atoms with Crippen LogP contribution in [0.15, 0.2) is 18.2 Å². The van der Waals surface area contributed by atoms with Crippen LogP contribution in [0.3, 0.4) is 0 Å². The predicted octanol–water partition coefficient (Wildman–Crippen LogP) is 2.31. The molecular weight excluding hydrogens is 211 g/mol. The van der Waals surface area contributed by atoms with E-state index in [-0.39, 0.29) is 5.82 Å². The van der Waals surface area contributed by atoms with Crippen molar-refractivity contribution in [2.45, 2.75) is 18.1 Å². The van der Waals surface area contributed by atoms with Crippen LogP contribution in [0.25, 0.3) is 0 Å². The molecule has 4 heteroatoms. The second kappa shape index (κ2) is 4.31. The number of rotatable bonds is 1. The number of halogens is 1. The van der Waals surface area contributed by atoms with Gasteiger partial charge in [0.1, 0.15) is 5.82 Å². The molecule has 15 heavy (non-hydrogen) atoms. The first kappa shape index (κ1) is 10.6. The molecule has 1 aromatic carbocycles. The zero-order chi connectivity index (χ0) is 10.8. The lowest BCUT2D eigenvalue weighted by molar-refractivity contribution is 0.568. The van der Waals surface area contributed by atoms with Crippen molar-refractivity contribution in [3.05, 3.63) is 24.0 Å². The zero-order valence-corrected chi connectivity index (χ0v) is 9.38. The Morgan fingerprint density at radius 1 is 1.33 bits per heavy atom. The largest absolute Gasteiger partial charge is 0.399 e. The lowest BCUT2D eigenvalue weighted by Crippen LogP contribution is -2.34. The van der Waals surface area contributed by atoms with Crippen LogP contribution < -0.4 is 10.6 Å². The van der Waals surface area contributed by atoms with E-state index in [2.05, 4.69) is 17.5 Å². The Hall–Kier alpha value is -0.900. The molecule has 0 aromatic heterocycles. The first-order valence-corrected chi connectivity index (χ1v) is 5.66. The minimum absolute atomic E-state index is 0.229. The second-order valence-corrected chi connectivity index (χ2v) is 4.66. The van der Waals surface area contributed by atoms with E-state index in [0.29, 0.717) is 16.6 Å². The summed E-state index contributed by atoms with van der Waals surface area (Å²) >= 11 is 4.42. The summed E-state index contributed by atoms with van der Waals surface area (Å²) in [6.45, 7) is 1.74. The van der Waals surface area contributed by atoms with E-state index in [1.54, 1.807) is 12.1 Å². The summed E-state index contributed by atoms with van der Waals surface area (Å²) in [5, 5.41) is 0.457. The molecule has 0 unspecified atom stereocenters. The third-order valence-corrected chi connectivity index (χ3v) is 3.29. The topological polar surface area (TPSA) is 29.3 Å². The van der Waals surface area contributed by atoms with Crippen LogP contribution in [-0.2, 0) is 0 Å². The Balaban J connectivity index is 2.15. The van der Waals surface area contributed by atoms with Gasteiger partial charge in [-0.15, -0.1) is 0 Å². The standard InChI is InChI=1S/C11H15FN2S/c12-10-7-8(13)1-2-11(10)14-5-3-9(15)4-6-14/h1-2,7,9,15H,3-6,13H2. The van der Waals surface area contributed by atoms with Gasteiger partial charge in [0, 0.05) is 24.0 Å². The van der Waals surface area contributed by atoms with Gasteiger partial charge in [-0.25, -0.2) is 4.39 Å². The summed E-state index contributed by atoms with van der Waals surface area (Å²) in [4.78, 5) is 2.06. The molecule has 1 aliphatic heterocycles. The lowest BCUT2D eigenvalue weighted by Gasteiger charge is -2.31. The average molecular weight is 226 g/mol. The fourth-order valence-corrected chi connectivity index (χ4v) is 2.12. The fraction of sp³-hybridized carbons (Fsp3) is 0.455. The smallest absolute Gasteiger partial charge is 0.148 e. The Morgan fingerprint density at radius 3 is 2.60 bits per heavy atom. The van der Waals surface area contributed by atoms with Gasteiger partial charge < -0.3 is 10.6 Å². The molecule has 0 bridgehead atoms. The van der Waals surface area contributed by atoms with E-state index in [9.17, 15) is 4.39 Å². The van der Waals surface area contributed by atoms with Crippen molar-refractivity contribution in [2.24, 2.45) is 0 Å². The number of hydrogen-bond acceptors (Lipinski definition) is 3. The fourth-order valence-electron chi connectivity index (χ4n) is 1.89. The minimum Gasteiger partial charge on any atom is -0.399 e. The molecule has 1 saturated heterocycles. The SMILES string of the molecule is Nc1ccc(N2CCC(S)CC2)c(F)c1. The molecule has 1 heterocycles. The van der Waals surface area contributed by atoms with Crippen molar-refractivity contribution in [1.82, 2.24) is 0 Å². The highest BCUT2D eigenvalue weighted by molar-refractivity contribution is 7.80. The Labute approximate surface area is 94.7 Å². The number of nitrogens with zero attached hydrogens (tertiary/aromatic N) is 1. The maximum Gasteiger partial charge on any atom is 0.148 e. The van der Waals surface area contributed by atoms with E-state index >= 15 is 0 Å². The predicted molar refractivity (Wildman–Crippen MR) is 65.0 cm³/mol. The van der Waals surface area contributed by atoms with Crippen LogP contribution in [0.4, 0.5) is 15.8 Å². The molecule has 2 N–H and O–H groups in total. The van der Waals surface area contributed by atoms with Crippen LogP contribution in [0.1, 0.15) is 12.8 Å². The molecule has 0 atom stereocenters. The zero-order valence-electron chi connectivity index (χ0n) is 8.49. The van der Waals surface area contributed by atoms with Gasteiger partial charge in [0.2, 0.25) is 0 Å². The highest BCUT2D eigenvalue weighted by atomic mass is 32.1. The quantitative estimate of drug-likeness (QED) is 0.568. The maximum absolute atomic E-state index is 13.6. The normalized spacial score (nSPS) is 18.1. The molecular formula is C11H15FN2S. The minimum atomic E-state index is -0.229. The molecule has 2 nitrogen and oxygen atoms in total. The Kier molecular flexibility index (Phi) is 3.05. The Morgan fingerprint density at radius 2 is 2.00 bits per heavy atom. The molecule has 0 saturated carbocycles. The van der Waals surface area contributed by atoms with E-state index < -0.39 is 0 Å². The molecule has 2 rings (SSSR count). The maximum atomic E-state index is 13.6. The van der Waals surface area contributed by atoms with Crippen molar-refractivity contribution in [1.29, 1.82) is 0 Å². The number of piperidine rings is 1. The average Bonchev–Trinajstić information content (AvgIpc) is 2.20. The van der Waals surface area contributed by atoms with Gasteiger partial charge in [0.15, 0.2) is 0 Å². The summed E-state index contributed by atoms with van der Waals surface area (Å²) in [6.07, 6.45) is 2.01. The van der Waals surface area contributed by atoms with Crippen LogP contribution in [0, 0.1) is 5.82 Å². The summed E-state index contributed by atoms with van der Waals surface area (Å²) in [5.74, 6) is -0.229. The molecule has 1 aliphatic rings. The van der Waals surface area contributed by atoms with E-state index in [1.165, 1.54) is 6.07 Å². The summed E-state index contributed by atoms with van der Waals surface area (Å²) in [5.41, 5.74) is 6.64. The van der Waals surface area contributed by atoms with E-state index in [4.69, 9.17) is 5.73 Å². The number of thiol groups is 1. The molecule has 0 spiro atoms. The van der Waals surface area contributed by atoms with Crippen LogP contribution in [0.5, 0.6) is 0 Å². The molecule has 0 amide bonds. The molecule has 0 radical (unpaired) electrons. The summed E-state index contributed by atoms with van der Waals surface area (Å²) in [6, 6.07) is 4.87. The number of hydrogen-bond donors (Lipinski definition) is 2. The third kappa shape index (κ3) is 2.37. The third-order valence-electron chi connectivity index (χ3n) is 2.78. The monoisotopic (exact) mass is 226 g/mol. The molecule has 0 aliphatic carbocycles. The second-order valence-electron chi connectivity index (χ2n) is 3.93. The van der Waals surface area contributed by atoms with Crippen LogP contribution >= 0.6 is 12.6 Å². The van der Waals surface area contributed by atoms with Crippen molar-refractivity contribution in [3.63, 3.8) is 0 Å². The van der Waals surface area contributed by atoms with Crippen LogP contribution in [-0.4, -0.2) is 18.3 Å². The number of nitrogen functional groups attached to an aromatic ring is 1. The van der Waals surface area contributed by atoms with Crippen molar-refractivity contribution in [3.8, 4) is 0 Å². The number of anilines is 2. The molecule has 1 aromatic rings. The van der Waals surface area contributed by atoms with Crippen molar-refractivity contribution >= 4 is 24.0 Å². The molecule has 1 fully saturated rings. The number of nitrogens with two attached hydrogens (primary N) is 1. The van der Waals surface area contributed by atoms with E-state index in [1.807, 2.05) is 0 Å². The van der Waals surface area contributed by atoms with Gasteiger partial charge in [-0.1, -0.05) is 0 Å². The first-order chi connectivity index (χ1) is 7.16. The molecule has 82 valence electrons. The van der Waals surface area contributed by atoms with Gasteiger partial charge >= 0.3 is 0 Å². The van der Waals surface area contributed by atoms with Crippen molar-refractivity contribution < 1.29 is 4.39 Å². The van der Waals surface area contributed by atoms with E-state index in [0.717, 1.165) is 25.9 Å². The first-order valence-electron chi connectivity index (χ1n) is 5.15. The van der Waals surface area contributed by atoms with Crippen molar-refractivity contribution in [2.75, 3.05) is 23.7 Å². The highest BCUT2D eigenvalue weighted by Crippen LogP contribution is 2.25. The number of benzene rings is 1. The van der Waals surface area contributed by atoms with Gasteiger partial charge in [0.25, 0.3) is 0 Å². The summed E-state index contributed by atoms with van der Waals surface area (Å²) < 4.78 is 13.6. The van der Waals surface area contributed by atoms with Gasteiger partial charge in [-0.2, -0.15) is 12.6 Å². The highest BCUT2D eigenvalue weighted by Gasteiger charge is 2.18. The van der Waals surface area contributed by atoms with Crippen LogP contribution in [0.2, 0.25) is 0 Å². The van der Waals surface area contributed by atoms with Gasteiger partial charge in [-0.05, 0) is 31.0 Å². The lowest BCUT2D eigenvalue weighted by atomic mass is 10.1. The Bertz CT molecular complexity index is 348. The van der Waals surface area contributed by atoms with Gasteiger partial charge in [-0.3, -0.25) is 0 Å². The van der Waals surface area contributed by atoms with Gasteiger partial charge in [0.05, 0.1) is 5.69 Å².